The molecule has 1 aromatic carbocycles. The lowest BCUT2D eigenvalue weighted by molar-refractivity contribution is -0.120. The van der Waals surface area contributed by atoms with E-state index in [0.717, 1.165) is 37.0 Å². The van der Waals surface area contributed by atoms with E-state index in [1.807, 2.05) is 13.8 Å². The molecule has 1 saturated carbocycles. The van der Waals surface area contributed by atoms with E-state index in [1.165, 1.54) is 0 Å². The Balaban J connectivity index is 1.25. The summed E-state index contributed by atoms with van der Waals surface area (Å²) in [7, 11) is -3.71. The van der Waals surface area contributed by atoms with E-state index in [-0.39, 0.29) is 46.4 Å². The molecular weight excluding hydrogens is 504 g/mol. The maximum atomic E-state index is 13.6. The van der Waals surface area contributed by atoms with Gasteiger partial charge in [-0.05, 0) is 70.1 Å². The van der Waals surface area contributed by atoms with Crippen LogP contribution in [0.15, 0.2) is 39.8 Å². The summed E-state index contributed by atoms with van der Waals surface area (Å²) in [5.74, 6) is 0.433. The molecule has 3 aliphatic rings. The average molecular weight is 535 g/mol. The standard InChI is InChI=1S/C25H31ClN4O5S/c1-25(2,28-23(31)14-26)16-5-9-20(10-6-16)36(33,34)30-18-7-8-19(30)12-17(11-18)27-24(32)21-13-22(35-29-21)15-3-4-15/h5-6,9-10,13,15,17-19H,3-4,7-8,11-12,14H2,1-2H3,(H,27,32)(H,28,31)/t17?,18-,19+. The second kappa shape index (κ2) is 9.46. The highest BCUT2D eigenvalue weighted by Crippen LogP contribution is 2.41. The number of hydrogen-bond donors (Lipinski definition) is 2. The summed E-state index contributed by atoms with van der Waals surface area (Å²) in [4.78, 5) is 24.7. The minimum Gasteiger partial charge on any atom is -0.360 e. The van der Waals surface area contributed by atoms with Crippen LogP contribution in [-0.4, -0.2) is 53.7 Å². The third-order valence-electron chi connectivity index (χ3n) is 7.47. The van der Waals surface area contributed by atoms with Crippen LogP contribution in [0.2, 0.25) is 0 Å². The lowest BCUT2D eigenvalue weighted by Gasteiger charge is -2.38. The van der Waals surface area contributed by atoms with Gasteiger partial charge in [-0.3, -0.25) is 9.59 Å². The van der Waals surface area contributed by atoms with Gasteiger partial charge in [-0.15, -0.1) is 11.6 Å². The quantitative estimate of drug-likeness (QED) is 0.501. The number of amides is 2. The number of alkyl halides is 1. The Kier molecular flexibility index (Phi) is 6.63. The number of carbonyl (C=O) groups excluding carboxylic acids is 2. The molecule has 0 spiro atoms. The Morgan fingerprint density at radius 1 is 1.11 bits per heavy atom. The molecule has 2 N–H and O–H groups in total. The summed E-state index contributed by atoms with van der Waals surface area (Å²) in [6, 6.07) is 7.90. The molecule has 5 rings (SSSR count). The fourth-order valence-corrected chi connectivity index (χ4v) is 7.44. The Morgan fingerprint density at radius 3 is 2.33 bits per heavy atom. The normalized spacial score (nSPS) is 24.5. The van der Waals surface area contributed by atoms with Crippen molar-refractivity contribution in [3.8, 4) is 0 Å². The maximum absolute atomic E-state index is 13.6. The zero-order chi connectivity index (χ0) is 25.7. The van der Waals surface area contributed by atoms with Crippen molar-refractivity contribution in [3.05, 3.63) is 47.3 Å². The first-order chi connectivity index (χ1) is 17.1. The Morgan fingerprint density at radius 2 is 1.75 bits per heavy atom. The summed E-state index contributed by atoms with van der Waals surface area (Å²) in [6.07, 6.45) is 4.78. The highest BCUT2D eigenvalue weighted by atomic mass is 35.5. The number of benzene rings is 1. The third-order valence-corrected chi connectivity index (χ3v) is 9.73. The molecule has 3 heterocycles. The number of halogens is 1. The third kappa shape index (κ3) is 4.90. The highest BCUT2D eigenvalue weighted by Gasteiger charge is 2.47. The first-order valence-electron chi connectivity index (χ1n) is 12.4. The van der Waals surface area contributed by atoms with Crippen LogP contribution in [0, 0.1) is 0 Å². The van der Waals surface area contributed by atoms with Gasteiger partial charge in [-0.2, -0.15) is 4.31 Å². The van der Waals surface area contributed by atoms with Crippen molar-refractivity contribution in [1.29, 1.82) is 0 Å². The molecule has 194 valence electrons. The summed E-state index contributed by atoms with van der Waals surface area (Å²) in [6.45, 7) is 3.68. The fraction of sp³-hybridized carbons (Fsp3) is 0.560. The van der Waals surface area contributed by atoms with Crippen molar-refractivity contribution >= 4 is 33.4 Å². The second-order valence-corrected chi connectivity index (χ2v) is 12.7. The van der Waals surface area contributed by atoms with Crippen molar-refractivity contribution in [2.24, 2.45) is 0 Å². The zero-order valence-corrected chi connectivity index (χ0v) is 21.9. The van der Waals surface area contributed by atoms with E-state index in [0.29, 0.717) is 18.8 Å². The largest absolute Gasteiger partial charge is 0.360 e. The summed E-state index contributed by atoms with van der Waals surface area (Å²) in [5.41, 5.74) is 0.374. The van der Waals surface area contributed by atoms with E-state index >= 15 is 0 Å². The van der Waals surface area contributed by atoms with E-state index in [1.54, 1.807) is 34.6 Å². The van der Waals surface area contributed by atoms with Gasteiger partial charge < -0.3 is 15.2 Å². The number of nitrogens with one attached hydrogen (secondary N) is 2. The molecule has 36 heavy (non-hydrogen) atoms. The lowest BCUT2D eigenvalue weighted by atomic mass is 9.94. The molecule has 2 aliphatic heterocycles. The zero-order valence-electron chi connectivity index (χ0n) is 20.4. The van der Waals surface area contributed by atoms with Crippen LogP contribution in [0.3, 0.4) is 0 Å². The van der Waals surface area contributed by atoms with Crippen molar-refractivity contribution < 1.29 is 22.5 Å². The van der Waals surface area contributed by atoms with Crippen molar-refractivity contribution in [1.82, 2.24) is 20.1 Å². The van der Waals surface area contributed by atoms with Gasteiger partial charge in [0, 0.05) is 30.1 Å². The number of rotatable bonds is 8. The Hall–Kier alpha value is -2.43. The van der Waals surface area contributed by atoms with Crippen LogP contribution in [0.25, 0.3) is 0 Å². The predicted octanol–water partition coefficient (Wildman–Crippen LogP) is 3.26. The summed E-state index contributed by atoms with van der Waals surface area (Å²) in [5, 5.41) is 9.78. The molecule has 0 radical (unpaired) electrons. The minimum atomic E-state index is -3.71. The molecule has 2 aromatic rings. The Labute approximate surface area is 216 Å². The van der Waals surface area contributed by atoms with Crippen LogP contribution in [-0.2, 0) is 20.4 Å². The van der Waals surface area contributed by atoms with Gasteiger partial charge in [-0.1, -0.05) is 17.3 Å². The van der Waals surface area contributed by atoms with Gasteiger partial charge in [0.15, 0.2) is 5.69 Å². The number of piperidine rings is 1. The number of hydrogen-bond acceptors (Lipinski definition) is 6. The topological polar surface area (TPSA) is 122 Å². The maximum Gasteiger partial charge on any atom is 0.273 e. The average Bonchev–Trinajstić information content (AvgIpc) is 3.50. The van der Waals surface area contributed by atoms with E-state index in [2.05, 4.69) is 15.8 Å². The summed E-state index contributed by atoms with van der Waals surface area (Å²) >= 11 is 5.61. The monoisotopic (exact) mass is 534 g/mol. The molecule has 2 saturated heterocycles. The smallest absolute Gasteiger partial charge is 0.273 e. The minimum absolute atomic E-state index is 0.115. The molecular formula is C25H31ClN4O5S. The molecule has 2 amide bonds. The number of sulfonamides is 1. The van der Waals surface area contributed by atoms with Gasteiger partial charge in [0.05, 0.1) is 10.4 Å². The molecule has 9 nitrogen and oxygen atoms in total. The first kappa shape index (κ1) is 25.2. The number of nitrogens with zero attached hydrogens (tertiary/aromatic N) is 2. The van der Waals surface area contributed by atoms with Crippen LogP contribution in [0.5, 0.6) is 0 Å². The SMILES string of the molecule is CC(C)(NC(=O)CCl)c1ccc(S(=O)(=O)N2[C@@H]3CC[C@H]2CC(NC(=O)c2cc(C4CC4)on2)C3)cc1. The fourth-order valence-electron chi connectivity index (χ4n) is 5.48. The van der Waals surface area contributed by atoms with Gasteiger partial charge >= 0.3 is 0 Å². The Bertz CT molecular complexity index is 1240. The van der Waals surface area contributed by atoms with Crippen molar-refractivity contribution in [2.45, 2.75) is 86.9 Å². The van der Waals surface area contributed by atoms with Crippen LogP contribution in [0.1, 0.15) is 80.1 Å². The van der Waals surface area contributed by atoms with Gasteiger partial charge in [-0.25, -0.2) is 8.42 Å². The van der Waals surface area contributed by atoms with E-state index in [9.17, 15) is 18.0 Å². The van der Waals surface area contributed by atoms with Crippen LogP contribution < -0.4 is 10.6 Å². The first-order valence-corrected chi connectivity index (χ1v) is 14.3. The van der Waals surface area contributed by atoms with Crippen LogP contribution >= 0.6 is 11.6 Å². The van der Waals surface area contributed by atoms with Crippen LogP contribution in [0.4, 0.5) is 0 Å². The lowest BCUT2D eigenvalue weighted by Crippen LogP contribution is -2.52. The molecule has 11 heteroatoms. The number of fused-ring (bicyclic) bond motifs is 2. The molecule has 1 aliphatic carbocycles. The second-order valence-electron chi connectivity index (χ2n) is 10.6. The van der Waals surface area contributed by atoms with E-state index in [4.69, 9.17) is 16.1 Å². The van der Waals surface area contributed by atoms with Crippen molar-refractivity contribution in [2.75, 3.05) is 5.88 Å². The van der Waals surface area contributed by atoms with Gasteiger partial charge in [0.2, 0.25) is 15.9 Å². The van der Waals surface area contributed by atoms with Gasteiger partial charge in [0.1, 0.15) is 11.6 Å². The van der Waals surface area contributed by atoms with Gasteiger partial charge in [0.25, 0.3) is 5.91 Å². The number of carbonyl (C=O) groups is 2. The highest BCUT2D eigenvalue weighted by molar-refractivity contribution is 7.89. The molecule has 1 aromatic heterocycles. The molecule has 1 unspecified atom stereocenters. The number of aromatic nitrogens is 1. The molecule has 2 bridgehead atoms. The van der Waals surface area contributed by atoms with Crippen molar-refractivity contribution in [3.63, 3.8) is 0 Å². The predicted molar refractivity (Wildman–Crippen MR) is 133 cm³/mol. The summed E-state index contributed by atoms with van der Waals surface area (Å²) < 4.78 is 34.1. The molecule has 3 atom stereocenters. The van der Waals surface area contributed by atoms with E-state index < -0.39 is 15.6 Å². The molecule has 3 fully saturated rings.